The lowest BCUT2D eigenvalue weighted by Gasteiger charge is -2.14. The minimum Gasteiger partial charge on any atom is -0.292 e. The highest BCUT2D eigenvalue weighted by Crippen LogP contribution is 2.36. The fourth-order valence-electron chi connectivity index (χ4n) is 2.30. The highest BCUT2D eigenvalue weighted by Gasteiger charge is 2.37. The number of hydrogen-bond donors (Lipinski definition) is 1. The van der Waals surface area contributed by atoms with E-state index in [9.17, 15) is 57.9 Å². The first-order valence-corrected chi connectivity index (χ1v) is 7.68. The highest BCUT2D eigenvalue weighted by molar-refractivity contribution is 6.05. The normalized spacial score (nSPS) is 12.1. The SMILES string of the molecule is O=C(Cc1c(F)c(F)c(F)c(F)c1F)NC(=O)c1cc(C(F)(F)F)cc(C(F)(F)F)c1. The van der Waals surface area contributed by atoms with E-state index in [1.165, 1.54) is 5.32 Å². The van der Waals surface area contributed by atoms with Crippen molar-refractivity contribution in [2.45, 2.75) is 18.8 Å². The van der Waals surface area contributed by atoms with E-state index in [2.05, 4.69) is 0 Å². The molecule has 0 heterocycles. The molecule has 0 spiro atoms. The van der Waals surface area contributed by atoms with Crippen LogP contribution in [-0.2, 0) is 23.6 Å². The monoisotopic (exact) mass is 465 g/mol. The van der Waals surface area contributed by atoms with E-state index in [0.717, 1.165) is 0 Å². The molecule has 0 saturated heterocycles. The fraction of sp³-hybridized carbons (Fsp3) is 0.176. The summed E-state index contributed by atoms with van der Waals surface area (Å²) in [7, 11) is 0. The summed E-state index contributed by atoms with van der Waals surface area (Å²) in [5.74, 6) is -15.8. The molecular formula is C17H6F11NO2. The number of halogens is 11. The van der Waals surface area contributed by atoms with Crippen LogP contribution in [-0.4, -0.2) is 11.8 Å². The first kappa shape index (κ1) is 24.1. The molecule has 0 fully saturated rings. The molecule has 0 atom stereocenters. The van der Waals surface area contributed by atoms with E-state index < -0.39 is 81.9 Å². The van der Waals surface area contributed by atoms with Gasteiger partial charge in [-0.1, -0.05) is 0 Å². The predicted octanol–water partition coefficient (Wildman–Crippen LogP) is 4.92. The number of hydrogen-bond acceptors (Lipinski definition) is 2. The molecule has 0 aromatic heterocycles. The van der Waals surface area contributed by atoms with Crippen LogP contribution in [0.1, 0.15) is 27.0 Å². The zero-order valence-corrected chi connectivity index (χ0v) is 14.4. The van der Waals surface area contributed by atoms with Crippen molar-refractivity contribution in [1.82, 2.24) is 5.32 Å². The number of benzene rings is 2. The van der Waals surface area contributed by atoms with Gasteiger partial charge in [0.2, 0.25) is 11.7 Å². The Morgan fingerprint density at radius 2 is 1.06 bits per heavy atom. The van der Waals surface area contributed by atoms with Gasteiger partial charge in [-0.05, 0) is 18.2 Å². The molecule has 31 heavy (non-hydrogen) atoms. The molecule has 0 radical (unpaired) electrons. The third kappa shape index (κ3) is 5.11. The van der Waals surface area contributed by atoms with Gasteiger partial charge in [0.15, 0.2) is 23.3 Å². The van der Waals surface area contributed by atoms with Crippen LogP contribution < -0.4 is 5.32 Å². The van der Waals surface area contributed by atoms with Gasteiger partial charge < -0.3 is 0 Å². The number of carbonyl (C=O) groups is 2. The summed E-state index contributed by atoms with van der Waals surface area (Å²) < 4.78 is 143. The molecule has 0 aliphatic rings. The minimum atomic E-state index is -5.31. The van der Waals surface area contributed by atoms with Gasteiger partial charge in [-0.25, -0.2) is 22.0 Å². The van der Waals surface area contributed by atoms with Crippen LogP contribution in [0.2, 0.25) is 0 Å². The summed E-state index contributed by atoms with van der Waals surface area (Å²) in [5, 5.41) is 1.23. The van der Waals surface area contributed by atoms with Crippen molar-refractivity contribution < 1.29 is 57.9 Å². The molecule has 0 aliphatic carbocycles. The lowest BCUT2D eigenvalue weighted by molar-refractivity contribution is -0.143. The number of nitrogens with one attached hydrogen (secondary N) is 1. The molecule has 0 aliphatic heterocycles. The van der Waals surface area contributed by atoms with Crippen molar-refractivity contribution in [2.24, 2.45) is 0 Å². The van der Waals surface area contributed by atoms with Crippen molar-refractivity contribution in [1.29, 1.82) is 0 Å². The summed E-state index contributed by atoms with van der Waals surface area (Å²) in [5.41, 5.74) is -6.74. The Bertz CT molecular complexity index is 996. The maximum absolute atomic E-state index is 13.6. The van der Waals surface area contributed by atoms with Gasteiger partial charge in [0.1, 0.15) is 0 Å². The number of carbonyl (C=O) groups excluding carboxylic acids is 2. The second-order valence-electron chi connectivity index (χ2n) is 5.90. The van der Waals surface area contributed by atoms with Crippen molar-refractivity contribution in [3.05, 3.63) is 69.5 Å². The van der Waals surface area contributed by atoms with E-state index in [1.807, 2.05) is 0 Å². The van der Waals surface area contributed by atoms with Crippen LogP contribution in [0.25, 0.3) is 0 Å². The second-order valence-corrected chi connectivity index (χ2v) is 5.90. The topological polar surface area (TPSA) is 46.2 Å². The lowest BCUT2D eigenvalue weighted by atomic mass is 10.0. The van der Waals surface area contributed by atoms with E-state index in [-0.39, 0.29) is 18.2 Å². The van der Waals surface area contributed by atoms with Crippen LogP contribution in [0.3, 0.4) is 0 Å². The Morgan fingerprint density at radius 3 is 1.45 bits per heavy atom. The lowest BCUT2D eigenvalue weighted by Crippen LogP contribution is -2.33. The maximum atomic E-state index is 13.6. The molecule has 0 unspecified atom stereocenters. The van der Waals surface area contributed by atoms with Crippen LogP contribution in [0.5, 0.6) is 0 Å². The quantitative estimate of drug-likeness (QED) is 0.398. The van der Waals surface area contributed by atoms with Gasteiger partial charge in [0, 0.05) is 11.1 Å². The van der Waals surface area contributed by atoms with E-state index >= 15 is 0 Å². The fourth-order valence-corrected chi connectivity index (χ4v) is 2.30. The maximum Gasteiger partial charge on any atom is 0.416 e. The Morgan fingerprint density at radius 1 is 0.677 bits per heavy atom. The molecule has 168 valence electrons. The Balaban J connectivity index is 2.35. The van der Waals surface area contributed by atoms with Crippen molar-refractivity contribution in [3.63, 3.8) is 0 Å². The molecule has 3 nitrogen and oxygen atoms in total. The third-order valence-corrected chi connectivity index (χ3v) is 3.74. The van der Waals surface area contributed by atoms with Gasteiger partial charge in [-0.15, -0.1) is 0 Å². The minimum absolute atomic E-state index is 0.0315. The first-order valence-electron chi connectivity index (χ1n) is 7.68. The van der Waals surface area contributed by atoms with E-state index in [4.69, 9.17) is 0 Å². The van der Waals surface area contributed by atoms with Gasteiger partial charge in [-0.2, -0.15) is 26.3 Å². The van der Waals surface area contributed by atoms with Gasteiger partial charge in [0.05, 0.1) is 17.5 Å². The standard InChI is InChI=1S/C17H6F11NO2/c18-10-8(11(19)13(21)14(22)12(10)20)4-9(30)29-15(31)5-1-6(16(23,24)25)3-7(2-5)17(26,27)28/h1-3H,4H2,(H,29,30,31). The second kappa shape index (κ2) is 8.15. The van der Waals surface area contributed by atoms with Crippen molar-refractivity contribution in [2.75, 3.05) is 0 Å². The zero-order chi connectivity index (χ0) is 23.9. The Hall–Kier alpha value is -3.19. The summed E-state index contributed by atoms with van der Waals surface area (Å²) in [4.78, 5) is 23.6. The zero-order valence-electron chi connectivity index (χ0n) is 14.4. The van der Waals surface area contributed by atoms with Crippen LogP contribution in [0.15, 0.2) is 18.2 Å². The smallest absolute Gasteiger partial charge is 0.292 e. The van der Waals surface area contributed by atoms with Gasteiger partial charge in [0.25, 0.3) is 5.91 Å². The Labute approximate surface area is 164 Å². The van der Waals surface area contributed by atoms with Gasteiger partial charge in [-0.3, -0.25) is 14.9 Å². The first-order chi connectivity index (χ1) is 14.0. The largest absolute Gasteiger partial charge is 0.416 e. The van der Waals surface area contributed by atoms with E-state index in [1.54, 1.807) is 0 Å². The average Bonchev–Trinajstić information content (AvgIpc) is 2.66. The van der Waals surface area contributed by atoms with Crippen molar-refractivity contribution >= 4 is 11.8 Å². The molecular weight excluding hydrogens is 459 g/mol. The third-order valence-electron chi connectivity index (χ3n) is 3.74. The van der Waals surface area contributed by atoms with Crippen LogP contribution >= 0.6 is 0 Å². The number of imide groups is 1. The number of rotatable bonds is 3. The van der Waals surface area contributed by atoms with Crippen LogP contribution in [0.4, 0.5) is 48.3 Å². The summed E-state index contributed by atoms with van der Waals surface area (Å²) >= 11 is 0. The molecule has 2 aromatic carbocycles. The van der Waals surface area contributed by atoms with Gasteiger partial charge >= 0.3 is 12.4 Å². The summed E-state index contributed by atoms with van der Waals surface area (Å²) in [6.45, 7) is 0. The molecule has 2 amide bonds. The molecule has 2 rings (SSSR count). The summed E-state index contributed by atoms with van der Waals surface area (Å²) in [6, 6.07) is -0.361. The molecule has 2 aromatic rings. The molecule has 0 bridgehead atoms. The molecule has 0 saturated carbocycles. The van der Waals surface area contributed by atoms with Crippen molar-refractivity contribution in [3.8, 4) is 0 Å². The molecule has 14 heteroatoms. The molecule has 1 N–H and O–H groups in total. The Kier molecular flexibility index (Phi) is 6.33. The highest BCUT2D eigenvalue weighted by atomic mass is 19.4. The summed E-state index contributed by atoms with van der Waals surface area (Å²) in [6.07, 6.45) is -12.3. The number of amides is 2. The average molecular weight is 465 g/mol. The predicted molar refractivity (Wildman–Crippen MR) is 78.9 cm³/mol. The number of alkyl halides is 6. The van der Waals surface area contributed by atoms with E-state index in [0.29, 0.717) is 0 Å². The van der Waals surface area contributed by atoms with Crippen LogP contribution in [0, 0.1) is 29.1 Å².